The van der Waals surface area contributed by atoms with Crippen LogP contribution < -0.4 is 11.1 Å². The number of amides is 1. The molecule has 1 aliphatic rings. The summed E-state index contributed by atoms with van der Waals surface area (Å²) in [6.45, 7) is 3.10. The largest absolute Gasteiger partial charge is 0.462 e. The number of carbonyl (C=O) groups is 2. The highest BCUT2D eigenvalue weighted by molar-refractivity contribution is 6.05. The average molecular weight is 495 g/mol. The number of hydrogen-bond acceptors (Lipinski definition) is 10. The van der Waals surface area contributed by atoms with Crippen molar-refractivity contribution in [3.8, 4) is 6.07 Å². The zero-order chi connectivity index (χ0) is 26.0. The number of fused-ring (bicyclic) bond motifs is 1. The average Bonchev–Trinajstić information content (AvgIpc) is 3.43. The van der Waals surface area contributed by atoms with E-state index >= 15 is 0 Å². The van der Waals surface area contributed by atoms with Crippen molar-refractivity contribution < 1.29 is 29.3 Å². The van der Waals surface area contributed by atoms with Crippen molar-refractivity contribution in [2.24, 2.45) is 11.7 Å². The molecule has 36 heavy (non-hydrogen) atoms. The minimum absolute atomic E-state index is 0.0943. The first-order valence-corrected chi connectivity index (χ1v) is 11.3. The second-order valence-electron chi connectivity index (χ2n) is 8.78. The summed E-state index contributed by atoms with van der Waals surface area (Å²) in [5, 5.41) is 38.4. The molecule has 5 N–H and O–H groups in total. The Balaban J connectivity index is 1.61. The standard InChI is InChI=1S/C24H26N6O6/c1-13(2)18(26)23(34)35-10-16-19(31)20(32)24(11-25,36-16)17-9-8-15-21(27-12-28-30(15)17)29-22(33)14-6-4-3-5-7-14/h3-9,12-13,16,18-20,31-32H,10,26H2,1-2H3,(H,27,28,29,33)/t16-,18+,19-,20-,24+/m1/s1. The van der Waals surface area contributed by atoms with E-state index in [1.807, 2.05) is 6.07 Å². The number of nitrogens with one attached hydrogen (secondary N) is 1. The van der Waals surface area contributed by atoms with E-state index in [1.54, 1.807) is 50.2 Å². The van der Waals surface area contributed by atoms with Gasteiger partial charge in [0.05, 0.1) is 5.69 Å². The fourth-order valence-corrected chi connectivity index (χ4v) is 3.93. The highest BCUT2D eigenvalue weighted by atomic mass is 16.6. The normalized spacial score (nSPS) is 24.4. The molecule has 1 saturated heterocycles. The number of esters is 1. The summed E-state index contributed by atoms with van der Waals surface area (Å²) in [7, 11) is 0. The van der Waals surface area contributed by atoms with Crippen LogP contribution in [0.25, 0.3) is 5.52 Å². The molecule has 3 aromatic rings. The van der Waals surface area contributed by atoms with Crippen LogP contribution in [-0.4, -0.2) is 67.6 Å². The number of anilines is 1. The molecule has 0 radical (unpaired) electrons. The third-order valence-corrected chi connectivity index (χ3v) is 6.10. The smallest absolute Gasteiger partial charge is 0.323 e. The van der Waals surface area contributed by atoms with Crippen molar-refractivity contribution in [3.63, 3.8) is 0 Å². The Labute approximate surface area is 206 Å². The number of benzene rings is 1. The predicted molar refractivity (Wildman–Crippen MR) is 125 cm³/mol. The molecule has 3 heterocycles. The lowest BCUT2D eigenvalue weighted by molar-refractivity contribution is -0.153. The summed E-state index contributed by atoms with van der Waals surface area (Å²) in [5.74, 6) is -1.09. The molecule has 1 aromatic carbocycles. The number of hydrogen-bond donors (Lipinski definition) is 4. The molecule has 4 rings (SSSR count). The van der Waals surface area contributed by atoms with Crippen molar-refractivity contribution in [3.05, 3.63) is 60.0 Å². The van der Waals surface area contributed by atoms with Crippen LogP contribution in [0.15, 0.2) is 48.8 Å². The van der Waals surface area contributed by atoms with Crippen LogP contribution in [0.1, 0.15) is 29.9 Å². The van der Waals surface area contributed by atoms with Gasteiger partial charge in [0, 0.05) is 5.56 Å². The van der Waals surface area contributed by atoms with E-state index in [2.05, 4.69) is 15.4 Å². The molecule has 0 bridgehead atoms. The van der Waals surface area contributed by atoms with Crippen LogP contribution >= 0.6 is 0 Å². The van der Waals surface area contributed by atoms with Gasteiger partial charge in [-0.25, -0.2) is 9.50 Å². The van der Waals surface area contributed by atoms with Crippen LogP contribution in [0.2, 0.25) is 0 Å². The summed E-state index contributed by atoms with van der Waals surface area (Å²) in [6.07, 6.45) is -3.27. The van der Waals surface area contributed by atoms with Crippen LogP contribution in [0.4, 0.5) is 5.82 Å². The summed E-state index contributed by atoms with van der Waals surface area (Å²) < 4.78 is 12.3. The molecule has 188 valence electrons. The minimum atomic E-state index is -2.04. The van der Waals surface area contributed by atoms with Gasteiger partial charge in [0.15, 0.2) is 5.82 Å². The monoisotopic (exact) mass is 494 g/mol. The first-order chi connectivity index (χ1) is 17.2. The van der Waals surface area contributed by atoms with E-state index in [9.17, 15) is 25.1 Å². The zero-order valence-corrected chi connectivity index (χ0v) is 19.6. The first-order valence-electron chi connectivity index (χ1n) is 11.3. The van der Waals surface area contributed by atoms with Gasteiger partial charge in [-0.15, -0.1) is 0 Å². The number of aromatic nitrogens is 3. The molecular formula is C24H26N6O6. The Morgan fingerprint density at radius 3 is 2.67 bits per heavy atom. The Kier molecular flexibility index (Phi) is 7.00. The van der Waals surface area contributed by atoms with Gasteiger partial charge in [0.25, 0.3) is 5.91 Å². The number of rotatable bonds is 7. The molecule has 12 heteroatoms. The summed E-state index contributed by atoms with van der Waals surface area (Å²) >= 11 is 0. The van der Waals surface area contributed by atoms with Gasteiger partial charge in [0.2, 0.25) is 5.60 Å². The lowest BCUT2D eigenvalue weighted by Gasteiger charge is -2.24. The molecule has 5 atom stereocenters. The number of nitriles is 1. The second-order valence-corrected chi connectivity index (χ2v) is 8.78. The van der Waals surface area contributed by atoms with Gasteiger partial charge in [0.1, 0.15) is 48.9 Å². The van der Waals surface area contributed by atoms with Crippen molar-refractivity contribution >= 4 is 23.2 Å². The number of carbonyl (C=O) groups excluding carboxylic acids is 2. The van der Waals surface area contributed by atoms with Crippen LogP contribution in [0.5, 0.6) is 0 Å². The lowest BCUT2D eigenvalue weighted by atomic mass is 9.92. The highest BCUT2D eigenvalue weighted by Gasteiger charge is 2.58. The van der Waals surface area contributed by atoms with Crippen molar-refractivity contribution in [2.45, 2.75) is 43.8 Å². The fourth-order valence-electron chi connectivity index (χ4n) is 3.93. The van der Waals surface area contributed by atoms with Gasteiger partial charge in [-0.3, -0.25) is 9.59 Å². The molecule has 12 nitrogen and oxygen atoms in total. The third-order valence-electron chi connectivity index (χ3n) is 6.10. The van der Waals surface area contributed by atoms with E-state index in [0.717, 1.165) is 0 Å². The molecular weight excluding hydrogens is 468 g/mol. The van der Waals surface area contributed by atoms with Crippen molar-refractivity contribution in [2.75, 3.05) is 11.9 Å². The van der Waals surface area contributed by atoms with E-state index in [1.165, 1.54) is 16.9 Å². The van der Waals surface area contributed by atoms with Gasteiger partial charge in [-0.2, -0.15) is 10.4 Å². The molecule has 0 spiro atoms. The fraction of sp³-hybridized carbons (Fsp3) is 0.375. The minimum Gasteiger partial charge on any atom is -0.462 e. The molecule has 2 aromatic heterocycles. The summed E-state index contributed by atoms with van der Waals surface area (Å²) in [6, 6.07) is 12.6. The number of ether oxygens (including phenoxy) is 2. The maximum absolute atomic E-state index is 12.6. The molecule has 1 amide bonds. The van der Waals surface area contributed by atoms with E-state index in [0.29, 0.717) is 11.1 Å². The predicted octanol–water partition coefficient (Wildman–Crippen LogP) is 0.348. The topological polar surface area (TPSA) is 185 Å². The SMILES string of the molecule is CC(C)[C@H](N)C(=O)OC[C@H]1O[C@@](C#N)(c2ccc3c(NC(=O)c4ccccc4)ncnn23)[C@H](O)[C@@H]1O. The number of nitrogens with zero attached hydrogens (tertiary/aromatic N) is 4. The van der Waals surface area contributed by atoms with Gasteiger partial charge in [-0.05, 0) is 30.2 Å². The van der Waals surface area contributed by atoms with E-state index in [4.69, 9.17) is 15.2 Å². The summed E-state index contributed by atoms with van der Waals surface area (Å²) in [4.78, 5) is 28.9. The van der Waals surface area contributed by atoms with Gasteiger partial charge in [-0.1, -0.05) is 32.0 Å². The number of nitrogens with two attached hydrogens (primary N) is 1. The molecule has 0 unspecified atom stereocenters. The number of aliphatic hydroxyl groups excluding tert-OH is 2. The second kappa shape index (κ2) is 10.00. The first kappa shape index (κ1) is 25.2. The Morgan fingerprint density at radius 1 is 1.28 bits per heavy atom. The van der Waals surface area contributed by atoms with E-state index in [-0.39, 0.29) is 17.4 Å². The van der Waals surface area contributed by atoms with Gasteiger partial charge < -0.3 is 30.7 Å². The molecule has 0 saturated carbocycles. The van der Waals surface area contributed by atoms with Crippen LogP contribution in [0.3, 0.4) is 0 Å². The molecule has 1 aliphatic heterocycles. The quantitative estimate of drug-likeness (QED) is 0.334. The van der Waals surface area contributed by atoms with Gasteiger partial charge >= 0.3 is 5.97 Å². The third kappa shape index (κ3) is 4.40. The Morgan fingerprint density at radius 2 is 2.00 bits per heavy atom. The highest BCUT2D eigenvalue weighted by Crippen LogP contribution is 2.40. The van der Waals surface area contributed by atoms with E-state index < -0.39 is 48.4 Å². The maximum Gasteiger partial charge on any atom is 0.323 e. The van der Waals surface area contributed by atoms with Crippen molar-refractivity contribution in [1.29, 1.82) is 5.26 Å². The molecule has 1 fully saturated rings. The Bertz CT molecular complexity index is 1310. The zero-order valence-electron chi connectivity index (χ0n) is 19.6. The number of aliphatic hydroxyl groups is 2. The maximum atomic E-state index is 12.6. The van der Waals surface area contributed by atoms with Crippen molar-refractivity contribution in [1.82, 2.24) is 14.6 Å². The Hall–Kier alpha value is -3.89. The molecule has 0 aliphatic carbocycles. The van der Waals surface area contributed by atoms with Crippen LogP contribution in [0, 0.1) is 17.2 Å². The summed E-state index contributed by atoms with van der Waals surface area (Å²) in [5.41, 5.74) is 4.58. The van der Waals surface area contributed by atoms with Crippen LogP contribution in [-0.2, 0) is 19.9 Å². The lowest BCUT2D eigenvalue weighted by Crippen LogP contribution is -2.41.